The van der Waals surface area contributed by atoms with Crippen LogP contribution in [0, 0.1) is 24.7 Å². The molecule has 0 saturated carbocycles. The van der Waals surface area contributed by atoms with Gasteiger partial charge in [-0.05, 0) is 49.8 Å². The quantitative estimate of drug-likeness (QED) is 0.346. The molecule has 44 heavy (non-hydrogen) atoms. The Morgan fingerprint density at radius 2 is 1.82 bits per heavy atom. The van der Waals surface area contributed by atoms with Gasteiger partial charge in [-0.1, -0.05) is 73.1 Å². The molecule has 3 saturated heterocycles. The summed E-state index contributed by atoms with van der Waals surface area (Å²) in [7, 11) is 0. The number of nitrogens with zero attached hydrogens (tertiary/aromatic N) is 3. The number of hydrogen-bond acceptors (Lipinski definition) is 5. The van der Waals surface area contributed by atoms with Gasteiger partial charge < -0.3 is 24.5 Å². The number of benzene rings is 2. The van der Waals surface area contributed by atoms with Crippen LogP contribution in [0.2, 0.25) is 5.02 Å². The van der Waals surface area contributed by atoms with Crippen molar-refractivity contribution in [2.24, 2.45) is 17.8 Å². The second kappa shape index (κ2) is 12.5. The van der Waals surface area contributed by atoms with Gasteiger partial charge in [0.05, 0.1) is 28.1 Å². The van der Waals surface area contributed by atoms with E-state index in [1.807, 2.05) is 63.2 Å². The molecule has 8 nitrogen and oxygen atoms in total. The van der Waals surface area contributed by atoms with Crippen LogP contribution in [0.3, 0.4) is 0 Å². The number of para-hydroxylation sites is 1. The highest BCUT2D eigenvalue weighted by Crippen LogP contribution is 2.65. The van der Waals surface area contributed by atoms with E-state index in [1.165, 1.54) is 0 Å². The monoisotopic (exact) mass is 619 g/mol. The third-order valence-electron chi connectivity index (χ3n) is 9.79. The lowest BCUT2D eigenvalue weighted by molar-refractivity contribution is -0.151. The highest BCUT2D eigenvalue weighted by Gasteiger charge is 2.80. The number of halogens is 1. The molecule has 3 aliphatic heterocycles. The molecule has 2 aromatic rings. The Bertz CT molecular complexity index is 1430. The van der Waals surface area contributed by atoms with E-state index in [1.54, 1.807) is 32.9 Å². The van der Waals surface area contributed by atoms with Crippen molar-refractivity contribution in [3.05, 3.63) is 90.0 Å². The molecule has 3 heterocycles. The number of aliphatic hydroxyl groups excluding tert-OH is 1. The van der Waals surface area contributed by atoms with Crippen molar-refractivity contribution in [3.8, 4) is 0 Å². The van der Waals surface area contributed by atoms with E-state index in [0.29, 0.717) is 30.2 Å². The Balaban J connectivity index is 1.60. The average Bonchev–Trinajstić information content (AvgIpc) is 3.51. The Hall–Kier alpha value is -3.46. The van der Waals surface area contributed by atoms with Crippen molar-refractivity contribution in [1.29, 1.82) is 0 Å². The molecule has 9 heteroatoms. The zero-order valence-electron chi connectivity index (χ0n) is 25.7. The first-order chi connectivity index (χ1) is 21.0. The van der Waals surface area contributed by atoms with Crippen molar-refractivity contribution in [1.82, 2.24) is 9.80 Å². The fraction of sp³-hybridized carbons (Fsp3) is 0.457. The number of hydrogen-bond donors (Lipinski definition) is 1. The van der Waals surface area contributed by atoms with Gasteiger partial charge in [-0.25, -0.2) is 0 Å². The van der Waals surface area contributed by atoms with E-state index in [9.17, 15) is 19.5 Å². The number of rotatable bonds is 12. The molecule has 3 unspecified atom stereocenters. The summed E-state index contributed by atoms with van der Waals surface area (Å²) in [4.78, 5) is 48.7. The van der Waals surface area contributed by atoms with Crippen LogP contribution in [-0.2, 0) is 25.7 Å². The minimum absolute atomic E-state index is 0.106. The summed E-state index contributed by atoms with van der Waals surface area (Å²) in [6.07, 6.45) is 4.04. The predicted molar refractivity (Wildman–Crippen MR) is 171 cm³/mol. The number of amides is 3. The summed E-state index contributed by atoms with van der Waals surface area (Å²) in [6.45, 7) is 14.4. The summed E-state index contributed by atoms with van der Waals surface area (Å²) in [5, 5.41) is 10.2. The number of fused-ring (bicyclic) bond motifs is 1. The number of likely N-dealkylation sites (tertiary alicyclic amines) is 1. The van der Waals surface area contributed by atoms with Gasteiger partial charge in [-0.15, -0.1) is 13.2 Å². The van der Waals surface area contributed by atoms with Crippen LogP contribution in [-0.4, -0.2) is 76.1 Å². The highest BCUT2D eigenvalue weighted by molar-refractivity contribution is 6.34. The van der Waals surface area contributed by atoms with E-state index >= 15 is 0 Å². The van der Waals surface area contributed by atoms with Crippen molar-refractivity contribution < 1.29 is 24.2 Å². The van der Waals surface area contributed by atoms with Crippen LogP contribution in [0.1, 0.15) is 37.8 Å². The van der Waals surface area contributed by atoms with Gasteiger partial charge in [-0.3, -0.25) is 14.4 Å². The summed E-state index contributed by atoms with van der Waals surface area (Å²) < 4.78 is 6.93. The maximum absolute atomic E-state index is 14.8. The van der Waals surface area contributed by atoms with Gasteiger partial charge in [0.1, 0.15) is 11.6 Å². The molecule has 2 bridgehead atoms. The van der Waals surface area contributed by atoms with Gasteiger partial charge in [0.15, 0.2) is 0 Å². The van der Waals surface area contributed by atoms with Gasteiger partial charge in [0.2, 0.25) is 11.8 Å². The van der Waals surface area contributed by atoms with Crippen LogP contribution in [0.4, 0.5) is 5.69 Å². The Morgan fingerprint density at radius 1 is 1.11 bits per heavy atom. The second-order valence-corrected chi connectivity index (χ2v) is 12.9. The van der Waals surface area contributed by atoms with Crippen LogP contribution >= 0.6 is 11.6 Å². The van der Waals surface area contributed by atoms with E-state index in [0.717, 1.165) is 11.1 Å². The van der Waals surface area contributed by atoms with Crippen LogP contribution in [0.15, 0.2) is 73.8 Å². The highest BCUT2D eigenvalue weighted by atomic mass is 35.5. The fourth-order valence-corrected chi connectivity index (χ4v) is 8.12. The van der Waals surface area contributed by atoms with Crippen LogP contribution in [0.5, 0.6) is 0 Å². The van der Waals surface area contributed by atoms with Crippen molar-refractivity contribution in [2.45, 2.75) is 57.4 Å². The average molecular weight is 620 g/mol. The fourth-order valence-electron chi connectivity index (χ4n) is 7.80. The molecule has 234 valence electrons. The topological polar surface area (TPSA) is 90.4 Å². The van der Waals surface area contributed by atoms with Crippen molar-refractivity contribution >= 4 is 35.0 Å². The molecule has 5 rings (SSSR count). The lowest BCUT2D eigenvalue weighted by Gasteiger charge is -2.39. The van der Waals surface area contributed by atoms with Crippen LogP contribution in [0.25, 0.3) is 0 Å². The molecule has 3 aliphatic rings. The Morgan fingerprint density at radius 3 is 2.45 bits per heavy atom. The molecule has 6 atom stereocenters. The van der Waals surface area contributed by atoms with Gasteiger partial charge in [0.25, 0.3) is 5.91 Å². The first kappa shape index (κ1) is 31.9. The minimum atomic E-state index is -1.22. The van der Waals surface area contributed by atoms with Gasteiger partial charge in [0, 0.05) is 32.8 Å². The Labute approximate surface area is 264 Å². The molecule has 0 aromatic heterocycles. The zero-order valence-corrected chi connectivity index (χ0v) is 26.5. The first-order valence-corrected chi connectivity index (χ1v) is 15.7. The molecule has 0 radical (unpaired) electrons. The van der Waals surface area contributed by atoms with E-state index < -0.39 is 29.1 Å². The van der Waals surface area contributed by atoms with Gasteiger partial charge in [-0.2, -0.15) is 0 Å². The minimum Gasteiger partial charge on any atom is -0.396 e. The molecule has 1 spiro atoms. The molecule has 2 aromatic carbocycles. The van der Waals surface area contributed by atoms with E-state index in [4.69, 9.17) is 16.3 Å². The van der Waals surface area contributed by atoms with Gasteiger partial charge >= 0.3 is 0 Å². The number of ether oxygens (including phenoxy) is 1. The lowest BCUT2D eigenvalue weighted by atomic mass is 9.62. The maximum Gasteiger partial charge on any atom is 0.253 e. The molecule has 0 aliphatic carbocycles. The normalized spacial score (nSPS) is 28.6. The summed E-state index contributed by atoms with van der Waals surface area (Å²) in [6, 6.07) is 14.1. The summed E-state index contributed by atoms with van der Waals surface area (Å²) in [5.41, 5.74) is 0.134. The summed E-state index contributed by atoms with van der Waals surface area (Å²) in [5.74, 6) is -2.59. The number of carbonyl (C=O) groups is 3. The number of aryl methyl sites for hydroxylation is 1. The molecule has 1 N–H and O–H groups in total. The summed E-state index contributed by atoms with van der Waals surface area (Å²) >= 11 is 6.66. The van der Waals surface area contributed by atoms with E-state index in [-0.39, 0.29) is 49.8 Å². The second-order valence-electron chi connectivity index (χ2n) is 12.4. The number of aliphatic hydroxyl groups is 1. The van der Waals surface area contributed by atoms with E-state index in [2.05, 4.69) is 13.2 Å². The first-order valence-electron chi connectivity index (χ1n) is 15.3. The molecular formula is C35H42ClN3O5. The molecule has 3 amide bonds. The maximum atomic E-state index is 14.8. The molecule has 3 fully saturated rings. The molecular weight excluding hydrogens is 578 g/mol. The van der Waals surface area contributed by atoms with Crippen molar-refractivity contribution in [2.75, 3.05) is 31.1 Å². The van der Waals surface area contributed by atoms with Crippen LogP contribution < -0.4 is 4.90 Å². The largest absolute Gasteiger partial charge is 0.396 e. The number of anilines is 1. The van der Waals surface area contributed by atoms with Crippen molar-refractivity contribution in [3.63, 3.8) is 0 Å². The number of carbonyl (C=O) groups excluding carboxylic acids is 3. The zero-order chi connectivity index (χ0) is 31.8. The predicted octanol–water partition coefficient (Wildman–Crippen LogP) is 4.78. The lowest BCUT2D eigenvalue weighted by Crippen LogP contribution is -2.57. The third-order valence-corrected chi connectivity index (χ3v) is 10.1. The Kier molecular flexibility index (Phi) is 9.08. The smallest absolute Gasteiger partial charge is 0.253 e. The SMILES string of the molecule is C=CCN(Cc1ccccc1)C(=O)[C@@H]1[C@H]2C(=O)N(CCCO)C(C(=O)N(CC=C)c3c(C)cccc3Cl)C23CC(C)[C@@]1(C)O3. The third kappa shape index (κ3) is 5.07. The standard InChI is InChI=1S/C35H42ClN3O5/c1-6-17-37(22-25-14-9-8-10-15-25)31(41)27-28-32(42)39(19-12-20-40)30(35(28)21-24(4)34(27,5)44-35)33(43)38(18-7-2)29-23(3)13-11-16-26(29)36/h6-11,13-16,24,27-28,30,40H,1-2,12,17-22H2,3-5H3/t24?,27-,28-,30?,34+,35?/m0/s1.